The number of nitrogens with zero attached hydrogens (tertiary/aromatic N) is 2. The van der Waals surface area contributed by atoms with Gasteiger partial charge in [-0.25, -0.2) is 0 Å². The molecule has 1 N–H and O–H groups in total. The van der Waals surface area contributed by atoms with Gasteiger partial charge in [-0.15, -0.1) is 11.3 Å². The van der Waals surface area contributed by atoms with Crippen molar-refractivity contribution >= 4 is 44.0 Å². The van der Waals surface area contributed by atoms with Crippen LogP contribution in [0, 0.1) is 0 Å². The van der Waals surface area contributed by atoms with Crippen LogP contribution in [0.4, 0.5) is 0 Å². The van der Waals surface area contributed by atoms with Crippen LogP contribution >= 0.6 is 23.1 Å². The van der Waals surface area contributed by atoms with E-state index in [1.807, 2.05) is 0 Å². The van der Waals surface area contributed by atoms with Crippen molar-refractivity contribution < 1.29 is 9.84 Å². The number of ether oxygens (including phenoxy) is 1. The molecule has 4 nitrogen and oxygen atoms in total. The first kappa shape index (κ1) is 13.2. The Morgan fingerprint density at radius 2 is 2.33 bits per heavy atom. The summed E-state index contributed by atoms with van der Waals surface area (Å²) in [6.07, 6.45) is 0. The lowest BCUT2D eigenvalue weighted by molar-refractivity contribution is 0.339. The number of benzene rings is 1. The molecule has 0 amide bonds. The number of fused-ring (bicyclic) bond motifs is 2. The van der Waals surface area contributed by atoms with E-state index in [9.17, 15) is 5.11 Å². The van der Waals surface area contributed by atoms with Gasteiger partial charge in [0.15, 0.2) is 5.17 Å². The molecule has 1 aromatic carbocycles. The normalized spacial score (nSPS) is 17.6. The second-order valence-corrected chi connectivity index (χ2v) is 6.84. The molecule has 0 saturated heterocycles. The molecule has 1 aromatic heterocycles. The first-order valence-electron chi connectivity index (χ1n) is 6.71. The molecule has 2 aromatic rings. The van der Waals surface area contributed by atoms with E-state index in [2.05, 4.69) is 33.5 Å². The van der Waals surface area contributed by atoms with Crippen LogP contribution in [0.3, 0.4) is 0 Å². The van der Waals surface area contributed by atoms with Crippen LogP contribution in [0.1, 0.15) is 5.56 Å². The van der Waals surface area contributed by atoms with Gasteiger partial charge in [0.2, 0.25) is 0 Å². The van der Waals surface area contributed by atoms with Crippen molar-refractivity contribution in [2.24, 2.45) is 4.99 Å². The smallest absolute Gasteiger partial charge is 0.168 e. The SMILES string of the molecule is COc1cc(C2=C(CO)SC3=NCCN32)cc2ccsc12. The molecule has 0 bridgehead atoms. The van der Waals surface area contributed by atoms with Crippen LogP contribution in [0.25, 0.3) is 15.8 Å². The van der Waals surface area contributed by atoms with Gasteiger partial charge in [-0.1, -0.05) is 11.8 Å². The second-order valence-electron chi connectivity index (χ2n) is 4.87. The molecule has 0 fully saturated rings. The van der Waals surface area contributed by atoms with Gasteiger partial charge in [0.25, 0.3) is 0 Å². The number of amidine groups is 1. The van der Waals surface area contributed by atoms with Gasteiger partial charge in [-0.2, -0.15) is 0 Å². The third kappa shape index (κ3) is 1.97. The lowest BCUT2D eigenvalue weighted by atomic mass is 10.1. The largest absolute Gasteiger partial charge is 0.495 e. The minimum atomic E-state index is 0.0412. The van der Waals surface area contributed by atoms with E-state index in [0.29, 0.717) is 0 Å². The number of rotatable bonds is 3. The third-order valence-corrected chi connectivity index (χ3v) is 5.75. The Kier molecular flexibility index (Phi) is 3.17. The molecule has 0 spiro atoms. The second kappa shape index (κ2) is 5.05. The van der Waals surface area contributed by atoms with E-state index in [0.717, 1.165) is 44.9 Å². The number of hydrogen-bond donors (Lipinski definition) is 1. The molecule has 2 aliphatic heterocycles. The fourth-order valence-electron chi connectivity index (χ4n) is 2.79. The highest BCUT2D eigenvalue weighted by Crippen LogP contribution is 2.43. The van der Waals surface area contributed by atoms with Gasteiger partial charge in [0.05, 0.1) is 30.7 Å². The third-order valence-electron chi connectivity index (χ3n) is 3.70. The Labute approximate surface area is 130 Å². The van der Waals surface area contributed by atoms with E-state index in [4.69, 9.17) is 4.74 Å². The average Bonchev–Trinajstić information content (AvgIpc) is 3.19. The Hall–Kier alpha value is -1.50. The van der Waals surface area contributed by atoms with Gasteiger partial charge in [-0.05, 0) is 29.0 Å². The van der Waals surface area contributed by atoms with Crippen molar-refractivity contribution in [3.63, 3.8) is 0 Å². The number of hydrogen-bond acceptors (Lipinski definition) is 6. The summed E-state index contributed by atoms with van der Waals surface area (Å²) in [7, 11) is 1.70. The van der Waals surface area contributed by atoms with Crippen LogP contribution < -0.4 is 4.74 Å². The van der Waals surface area contributed by atoms with Crippen LogP contribution in [0.5, 0.6) is 5.75 Å². The number of thioether (sulfide) groups is 1. The Balaban J connectivity index is 1.90. The van der Waals surface area contributed by atoms with Crippen LogP contribution in [0.2, 0.25) is 0 Å². The zero-order valence-electron chi connectivity index (χ0n) is 11.5. The quantitative estimate of drug-likeness (QED) is 0.945. The van der Waals surface area contributed by atoms with Crippen LogP contribution in [-0.4, -0.2) is 42.0 Å². The zero-order chi connectivity index (χ0) is 14.4. The molecule has 3 heterocycles. The van der Waals surface area contributed by atoms with E-state index in [-0.39, 0.29) is 6.61 Å². The first-order valence-corrected chi connectivity index (χ1v) is 8.41. The number of aliphatic imine (C=N–C) groups is 1. The highest BCUT2D eigenvalue weighted by atomic mass is 32.2. The first-order chi connectivity index (χ1) is 10.3. The van der Waals surface area contributed by atoms with Gasteiger partial charge in [0.1, 0.15) is 5.75 Å². The Morgan fingerprint density at radius 1 is 1.43 bits per heavy atom. The van der Waals surface area contributed by atoms with Crippen molar-refractivity contribution in [2.45, 2.75) is 0 Å². The number of methoxy groups -OCH3 is 1. The van der Waals surface area contributed by atoms with Gasteiger partial charge < -0.3 is 14.7 Å². The summed E-state index contributed by atoms with van der Waals surface area (Å²) in [6.45, 7) is 1.74. The Morgan fingerprint density at radius 3 is 3.14 bits per heavy atom. The molecule has 0 atom stereocenters. The summed E-state index contributed by atoms with van der Waals surface area (Å²) in [6, 6.07) is 6.33. The predicted octanol–water partition coefficient (Wildman–Crippen LogP) is 2.99. The van der Waals surface area contributed by atoms with Crippen LogP contribution in [-0.2, 0) is 0 Å². The fourth-order valence-corrected chi connectivity index (χ4v) is 4.72. The van der Waals surface area contributed by atoms with E-state index < -0.39 is 0 Å². The molecule has 4 rings (SSSR count). The molecule has 0 saturated carbocycles. The fraction of sp³-hybridized carbons (Fsp3) is 0.267. The predicted molar refractivity (Wildman–Crippen MR) is 89.0 cm³/mol. The molecule has 6 heteroatoms. The van der Waals surface area contributed by atoms with Crippen molar-refractivity contribution in [2.75, 3.05) is 26.8 Å². The van der Waals surface area contributed by atoms with Crippen molar-refractivity contribution in [1.29, 1.82) is 0 Å². The molecule has 0 radical (unpaired) electrons. The molecule has 108 valence electrons. The summed E-state index contributed by atoms with van der Waals surface area (Å²) in [5, 5.41) is 13.9. The molecular formula is C15H14N2O2S2. The average molecular weight is 318 g/mol. The van der Waals surface area contributed by atoms with Gasteiger partial charge in [0, 0.05) is 17.0 Å². The number of thiophene rings is 1. The van der Waals surface area contributed by atoms with E-state index in [1.165, 1.54) is 5.39 Å². The zero-order valence-corrected chi connectivity index (χ0v) is 13.1. The molecular weight excluding hydrogens is 304 g/mol. The van der Waals surface area contributed by atoms with Crippen molar-refractivity contribution in [3.8, 4) is 5.75 Å². The lowest BCUT2D eigenvalue weighted by Crippen LogP contribution is -2.20. The minimum absolute atomic E-state index is 0.0412. The maximum Gasteiger partial charge on any atom is 0.168 e. The highest BCUT2D eigenvalue weighted by Gasteiger charge is 2.33. The molecule has 2 aliphatic rings. The standard InChI is InChI=1S/C15H14N2O2S2/c1-19-11-7-10(6-9-2-5-20-14(9)11)13-12(8-18)21-15-16-3-4-17(13)15/h2,5-7,18H,3-4,8H2,1H3. The summed E-state index contributed by atoms with van der Waals surface area (Å²) >= 11 is 3.26. The van der Waals surface area contributed by atoms with Crippen LogP contribution in [0.15, 0.2) is 33.5 Å². The van der Waals surface area contributed by atoms with Crippen molar-refractivity contribution in [3.05, 3.63) is 34.0 Å². The van der Waals surface area contributed by atoms with Crippen molar-refractivity contribution in [1.82, 2.24) is 4.90 Å². The minimum Gasteiger partial charge on any atom is -0.495 e. The summed E-state index contributed by atoms with van der Waals surface area (Å²) in [5.74, 6) is 0.886. The maximum atomic E-state index is 9.66. The Bertz CT molecular complexity index is 779. The van der Waals surface area contributed by atoms with Gasteiger partial charge >= 0.3 is 0 Å². The molecule has 0 aliphatic carbocycles. The highest BCUT2D eigenvalue weighted by molar-refractivity contribution is 8.17. The topological polar surface area (TPSA) is 45.1 Å². The summed E-state index contributed by atoms with van der Waals surface area (Å²) < 4.78 is 6.70. The lowest BCUT2D eigenvalue weighted by Gasteiger charge is -2.18. The summed E-state index contributed by atoms with van der Waals surface area (Å²) in [4.78, 5) is 7.65. The number of aliphatic hydroxyl groups is 1. The van der Waals surface area contributed by atoms with Gasteiger partial charge in [-0.3, -0.25) is 4.99 Å². The molecule has 0 unspecified atom stereocenters. The summed E-state index contributed by atoms with van der Waals surface area (Å²) in [5.41, 5.74) is 2.16. The van der Waals surface area contributed by atoms with E-state index >= 15 is 0 Å². The maximum absolute atomic E-state index is 9.66. The molecule has 21 heavy (non-hydrogen) atoms. The monoisotopic (exact) mass is 318 g/mol. The van der Waals surface area contributed by atoms with E-state index in [1.54, 1.807) is 30.2 Å². The number of aliphatic hydroxyl groups excluding tert-OH is 1.